The Morgan fingerprint density at radius 1 is 0.632 bits per heavy atom. The minimum Gasteiger partial charge on any atom is -0.464 e. The molecule has 38 nitrogen and oxygen atoms in total. The van der Waals surface area contributed by atoms with Crippen molar-refractivity contribution in [2.45, 2.75) is 181 Å². The van der Waals surface area contributed by atoms with Crippen LogP contribution in [0.15, 0.2) is 107 Å². The highest BCUT2D eigenvalue weighted by atomic mass is 32.2. The highest BCUT2D eigenvalue weighted by Gasteiger charge is 2.38. The first-order valence-electron chi connectivity index (χ1n) is 38.7. The van der Waals surface area contributed by atoms with Gasteiger partial charge in [-0.05, 0) is 170 Å². The molecule has 1 fully saturated rings. The zero-order valence-electron chi connectivity index (χ0n) is 66.4. The number of carbonyl (C=O) groups is 14. The molecule has 3 aromatic carbocycles. The van der Waals surface area contributed by atoms with Crippen molar-refractivity contribution in [2.24, 2.45) is 34.6 Å². The second-order valence-electron chi connectivity index (χ2n) is 28.2. The highest BCUT2D eigenvalue weighted by molar-refractivity contribution is 7.99. The number of aromatic nitrogens is 3. The van der Waals surface area contributed by atoms with Crippen molar-refractivity contribution < 1.29 is 82.1 Å². The van der Waals surface area contributed by atoms with Crippen molar-refractivity contribution in [2.75, 3.05) is 66.0 Å². The Morgan fingerprint density at radius 2 is 1.21 bits per heavy atom. The molecule has 1 aliphatic heterocycles. The lowest BCUT2D eigenvalue weighted by molar-refractivity contribution is -0.141. The maximum atomic E-state index is 14.9. The fourth-order valence-electron chi connectivity index (χ4n) is 12.4. The van der Waals surface area contributed by atoms with E-state index in [0.29, 0.717) is 37.6 Å². The summed E-state index contributed by atoms with van der Waals surface area (Å²) in [6.07, 6.45) is -0.491. The van der Waals surface area contributed by atoms with Crippen LogP contribution in [0.4, 0.5) is 4.79 Å². The molecule has 1 aliphatic rings. The molecule has 5 aromatic rings. The zero-order chi connectivity index (χ0) is 85.8. The molecule has 117 heavy (non-hydrogen) atoms. The van der Waals surface area contributed by atoms with Gasteiger partial charge in [-0.1, -0.05) is 74.1 Å². The number of nitrogens with two attached hydrogens (primary N) is 5. The summed E-state index contributed by atoms with van der Waals surface area (Å²) in [7, 11) is 1.51. The number of nitrogens with zero attached hydrogens (tertiary/aromatic N) is 4. The number of hydrogen-bond donors (Lipinski definition) is 19. The predicted molar refractivity (Wildman–Crippen MR) is 433 cm³/mol. The van der Waals surface area contributed by atoms with Crippen molar-refractivity contribution >= 4 is 118 Å². The van der Waals surface area contributed by atoms with Gasteiger partial charge in [-0.15, -0.1) is 0 Å². The third-order valence-corrected chi connectivity index (χ3v) is 19.6. The van der Waals surface area contributed by atoms with Crippen LogP contribution in [-0.4, -0.2) is 251 Å². The summed E-state index contributed by atoms with van der Waals surface area (Å²) in [5, 5.41) is 58.0. The van der Waals surface area contributed by atoms with Crippen molar-refractivity contribution in [3.8, 4) is 0 Å². The number of ether oxygens (including phenoxy) is 1. The van der Waals surface area contributed by atoms with E-state index in [0.717, 1.165) is 17.2 Å². The first-order valence-corrected chi connectivity index (χ1v) is 39.5. The smallest absolute Gasteiger partial charge is 0.345 e. The Labute approximate surface area is 681 Å². The lowest BCUT2D eigenvalue weighted by atomic mass is 10.00. The Balaban J connectivity index is 1.26. The molecule has 0 unspecified atom stereocenters. The van der Waals surface area contributed by atoms with E-state index in [2.05, 4.69) is 68.8 Å². The second kappa shape index (κ2) is 48.3. The maximum Gasteiger partial charge on any atom is 0.345 e. The van der Waals surface area contributed by atoms with Crippen LogP contribution in [-0.2, 0) is 68.7 Å². The van der Waals surface area contributed by atoms with Gasteiger partial charge in [0.1, 0.15) is 67.0 Å². The molecule has 0 aliphatic carbocycles. The number of aryl methyl sites for hydroxylation is 1. The molecular formula is C78H111N21O17S. The Kier molecular flexibility index (Phi) is 39.0. The van der Waals surface area contributed by atoms with E-state index in [-0.39, 0.29) is 116 Å². The number of aliphatic hydroxyl groups is 2. The molecule has 0 radical (unpaired) electrons. The lowest BCUT2D eigenvalue weighted by Crippen LogP contribution is -2.62. The third-order valence-electron chi connectivity index (χ3n) is 18.6. The van der Waals surface area contributed by atoms with E-state index in [9.17, 15) is 77.3 Å². The number of esters is 1. The Hall–Kier alpha value is -11.3. The molecule has 0 saturated carbocycles. The van der Waals surface area contributed by atoms with E-state index in [1.54, 1.807) is 123 Å². The topological polar surface area (TPSA) is 597 Å². The molecule has 24 N–H and O–H groups in total. The van der Waals surface area contributed by atoms with Gasteiger partial charge in [-0.3, -0.25) is 67.3 Å². The van der Waals surface area contributed by atoms with Gasteiger partial charge in [-0.2, -0.15) is 9.78 Å². The first kappa shape index (κ1) is 94.5. The molecule has 6 rings (SSSR count). The van der Waals surface area contributed by atoms with E-state index >= 15 is 0 Å². The van der Waals surface area contributed by atoms with Crippen LogP contribution in [0.3, 0.4) is 0 Å². The van der Waals surface area contributed by atoms with Crippen LogP contribution in [0.5, 0.6) is 0 Å². The van der Waals surface area contributed by atoms with E-state index in [4.69, 9.17) is 38.5 Å². The average molecular weight is 1650 g/mol. The summed E-state index contributed by atoms with van der Waals surface area (Å²) < 4.78 is 6.36. The molecule has 2 aromatic heterocycles. The van der Waals surface area contributed by atoms with Crippen LogP contribution in [0.25, 0.3) is 23.1 Å². The number of nitrogens with one attached hydrogen (secondary N) is 12. The number of aliphatic hydroxyl groups excluding tert-OH is 2. The van der Waals surface area contributed by atoms with Gasteiger partial charge in [0.05, 0.1) is 41.2 Å². The zero-order valence-corrected chi connectivity index (χ0v) is 67.3. The Bertz CT molecular complexity index is 4250. The van der Waals surface area contributed by atoms with Crippen molar-refractivity contribution in [1.82, 2.24) is 83.5 Å². The monoisotopic (exact) mass is 1650 g/mol. The standard InChI is InChI=1S/C78H111N21O17S/c1-44(2)42-61-75(112)91-57(27-34-81)70(107)90-59(29-36-83)74(111)95-65(45(3)100)76(113)86-38-30-60(72(109)89-56(26-33-80)69(106)88-54(68(105)94-61)23-19-48-14-8-7-9-15-48)92-71(108)58(28-35-82)93-77(114)66(46(4)101)96-73(110)55(25-32-79)87-64(103)31-39-98(40-41-116-47(5)102)78(115)99-62-43-50(117-63-18-11-10-17-52(63)67(104)84-6)21-22-51(62)53(97-99)24-20-49-16-12-13-37-85-49/h7-18,20-22,24,37,43-46,54-61,65-66,100-101H,19,23,25-36,38-42,79-83H2,1-6H3,(H,84,104)(H,86,113)(H,87,103)(H,88,106)(H,89,109)(H,90,107)(H,91,112)(H,92,108)(H,93,114)(H,94,105)(H,95,111)(H,96,110)/b24-20+/t45-,46-,54-,55+,56+,57+,58+,59+,60+,61+,65-,66+/m1/s1. The number of pyridine rings is 1. The number of rotatable bonds is 35. The molecule has 1 saturated heterocycles. The molecular weight excluding hydrogens is 1540 g/mol. The molecule has 0 spiro atoms. The maximum absolute atomic E-state index is 14.9. The predicted octanol–water partition coefficient (Wildman–Crippen LogP) is -3.11. The van der Waals surface area contributed by atoms with E-state index in [1.807, 2.05) is 0 Å². The second-order valence-corrected chi connectivity index (χ2v) is 29.3. The van der Waals surface area contributed by atoms with Crippen LogP contribution >= 0.6 is 11.8 Å². The van der Waals surface area contributed by atoms with Gasteiger partial charge in [0.2, 0.25) is 65.0 Å². The normalized spacial score (nSPS) is 19.5. The van der Waals surface area contributed by atoms with Crippen molar-refractivity contribution in [3.63, 3.8) is 0 Å². The lowest BCUT2D eigenvalue weighted by Gasteiger charge is -2.29. The summed E-state index contributed by atoms with van der Waals surface area (Å²) in [5.41, 5.74) is 32.2. The van der Waals surface area contributed by atoms with Crippen molar-refractivity contribution in [3.05, 3.63) is 120 Å². The first-order chi connectivity index (χ1) is 55.9. The Morgan fingerprint density at radius 3 is 1.78 bits per heavy atom. The highest BCUT2D eigenvalue weighted by Crippen LogP contribution is 2.34. The van der Waals surface area contributed by atoms with Gasteiger partial charge in [0.15, 0.2) is 0 Å². The van der Waals surface area contributed by atoms with Crippen LogP contribution in [0, 0.1) is 5.92 Å². The van der Waals surface area contributed by atoms with Crippen molar-refractivity contribution in [1.29, 1.82) is 0 Å². The van der Waals surface area contributed by atoms with Crippen LogP contribution < -0.4 is 92.5 Å². The molecule has 3 heterocycles. The van der Waals surface area contributed by atoms with Crippen LogP contribution in [0.1, 0.15) is 120 Å². The van der Waals surface area contributed by atoms with Crippen LogP contribution in [0.2, 0.25) is 0 Å². The van der Waals surface area contributed by atoms with Gasteiger partial charge >= 0.3 is 12.0 Å². The number of benzene rings is 3. The quantitative estimate of drug-likeness (QED) is 0.0179. The third kappa shape index (κ3) is 29.7. The van der Waals surface area contributed by atoms with E-state index in [1.165, 1.54) is 37.6 Å². The van der Waals surface area contributed by atoms with Gasteiger partial charge in [0.25, 0.3) is 5.91 Å². The molecule has 39 heteroatoms. The number of amides is 13. The summed E-state index contributed by atoms with van der Waals surface area (Å²) in [6, 6.07) is 9.93. The fraction of sp³-hybridized carbons (Fsp3) is 0.487. The largest absolute Gasteiger partial charge is 0.464 e. The molecule has 12 atom stereocenters. The SMILES string of the molecule is CNC(=O)c1ccccc1Sc1ccc2c(/C=C/c3ccccn3)nn(C(=O)N(CCOC(C)=O)CCC(=O)N[C@@H](CCN)C(=O)N[C@H](C(=O)N[C@@H](CCN)C(=O)N[C@H]3CCNC(=O)[C@@H]([C@@H](C)O)NC(=O)[C@H](CCN)NC(=O)[C@H](CCN)NC(=O)[C@H](CC(C)C)NC(=O)[C@@H](CCc4ccccc4)NC(=O)[C@H](CCN)NC3=O)[C@@H](C)O)c2c1. The molecule has 0 bridgehead atoms. The van der Waals surface area contributed by atoms with Gasteiger partial charge < -0.3 is 112 Å². The number of carbonyl (C=O) groups excluding carboxylic acids is 14. The minimum absolute atomic E-state index is 0.0178. The summed E-state index contributed by atoms with van der Waals surface area (Å²) >= 11 is 1.26. The average Bonchev–Trinajstić information content (AvgIpc) is 1.63. The summed E-state index contributed by atoms with van der Waals surface area (Å²) in [6.45, 7) is 4.49. The van der Waals surface area contributed by atoms with E-state index < -0.39 is 169 Å². The fourth-order valence-corrected chi connectivity index (χ4v) is 13.3. The number of fused-ring (bicyclic) bond motifs is 1. The van der Waals surface area contributed by atoms with Gasteiger partial charge in [0, 0.05) is 54.9 Å². The number of hydrogen-bond acceptors (Lipinski definition) is 25. The molecule has 636 valence electrons. The minimum atomic E-state index is -1.89. The summed E-state index contributed by atoms with van der Waals surface area (Å²) in [4.78, 5) is 205. The molecule has 13 amide bonds. The van der Waals surface area contributed by atoms with Gasteiger partial charge in [-0.25, -0.2) is 4.79 Å². The summed E-state index contributed by atoms with van der Waals surface area (Å²) in [5.74, 6) is -12.0.